The van der Waals surface area contributed by atoms with Crippen LogP contribution < -0.4 is 10.6 Å². The third kappa shape index (κ3) is 6.73. The van der Waals surface area contributed by atoms with Crippen molar-refractivity contribution >= 4 is 23.6 Å². The molecule has 28 heavy (non-hydrogen) atoms. The summed E-state index contributed by atoms with van der Waals surface area (Å²) in [6, 6.07) is 10.7. The summed E-state index contributed by atoms with van der Waals surface area (Å²) in [5.41, 5.74) is 1.40. The molecule has 0 bridgehead atoms. The number of likely N-dealkylation sites (tertiary alicyclic amines) is 1. The van der Waals surface area contributed by atoms with Gasteiger partial charge in [0.2, 0.25) is 5.91 Å². The minimum absolute atomic E-state index is 0.144. The van der Waals surface area contributed by atoms with Crippen molar-refractivity contribution in [2.24, 2.45) is 10.9 Å². The Morgan fingerprint density at radius 1 is 1.18 bits per heavy atom. The molecule has 2 fully saturated rings. The highest BCUT2D eigenvalue weighted by Crippen LogP contribution is 2.25. The van der Waals surface area contributed by atoms with Crippen LogP contribution in [0.2, 0.25) is 0 Å². The van der Waals surface area contributed by atoms with Gasteiger partial charge in [0.15, 0.2) is 5.96 Å². The molecule has 1 aromatic carbocycles. The van der Waals surface area contributed by atoms with Gasteiger partial charge in [-0.2, -0.15) is 11.8 Å². The lowest BCUT2D eigenvalue weighted by Crippen LogP contribution is -2.43. The number of amides is 1. The van der Waals surface area contributed by atoms with Crippen molar-refractivity contribution in [3.63, 3.8) is 0 Å². The number of nitrogens with one attached hydrogen (secondary N) is 2. The lowest BCUT2D eigenvalue weighted by Gasteiger charge is -2.32. The molecule has 1 amide bonds. The Morgan fingerprint density at radius 3 is 2.64 bits per heavy atom. The smallest absolute Gasteiger partial charge is 0.244 e. The molecular formula is C22H34N4OS. The van der Waals surface area contributed by atoms with Gasteiger partial charge in [0.05, 0.1) is 0 Å². The van der Waals surface area contributed by atoms with Crippen molar-refractivity contribution in [2.75, 3.05) is 38.5 Å². The fraction of sp³-hybridized carbons (Fsp3) is 0.636. The van der Waals surface area contributed by atoms with Crippen LogP contribution in [0.25, 0.3) is 0 Å². The van der Waals surface area contributed by atoms with Crippen LogP contribution in [0.1, 0.15) is 38.2 Å². The quantitative estimate of drug-likeness (QED) is 0.544. The summed E-state index contributed by atoms with van der Waals surface area (Å²) in [5.74, 6) is 2.85. The van der Waals surface area contributed by atoms with Crippen LogP contribution in [-0.4, -0.2) is 60.5 Å². The number of benzene rings is 1. The van der Waals surface area contributed by atoms with Crippen molar-refractivity contribution in [1.82, 2.24) is 15.5 Å². The first-order valence-corrected chi connectivity index (χ1v) is 11.7. The van der Waals surface area contributed by atoms with E-state index in [-0.39, 0.29) is 12.5 Å². The van der Waals surface area contributed by atoms with E-state index >= 15 is 0 Å². The van der Waals surface area contributed by atoms with Crippen LogP contribution in [0.5, 0.6) is 0 Å². The van der Waals surface area contributed by atoms with Crippen LogP contribution in [-0.2, 0) is 11.2 Å². The number of nitrogens with zero attached hydrogens (tertiary/aromatic N) is 2. The third-order valence-electron chi connectivity index (χ3n) is 5.57. The van der Waals surface area contributed by atoms with Crippen LogP contribution in [0.15, 0.2) is 35.3 Å². The molecule has 6 heteroatoms. The van der Waals surface area contributed by atoms with Crippen molar-refractivity contribution in [3.05, 3.63) is 35.9 Å². The maximum Gasteiger partial charge on any atom is 0.244 e. The fourth-order valence-electron chi connectivity index (χ4n) is 3.94. The first kappa shape index (κ1) is 21.0. The molecule has 1 atom stereocenters. The molecular weight excluding hydrogens is 368 g/mol. The minimum atomic E-state index is 0.144. The van der Waals surface area contributed by atoms with Crippen molar-refractivity contribution in [2.45, 2.75) is 44.3 Å². The first-order valence-electron chi connectivity index (χ1n) is 10.7. The molecule has 0 saturated carbocycles. The Balaban J connectivity index is 1.41. The van der Waals surface area contributed by atoms with Crippen LogP contribution in [0.3, 0.4) is 0 Å². The molecule has 2 aliphatic rings. The van der Waals surface area contributed by atoms with Gasteiger partial charge in [-0.3, -0.25) is 4.79 Å². The van der Waals surface area contributed by atoms with Gasteiger partial charge in [0, 0.05) is 31.4 Å². The molecule has 0 spiro atoms. The Labute approximate surface area is 173 Å². The SMILES string of the molecule is CCNC(=NCC(=O)N1CCC(Cc2ccccc2)CC1)NCC1CCCS1. The molecule has 5 nitrogen and oxygen atoms in total. The molecule has 0 aliphatic carbocycles. The van der Waals surface area contributed by atoms with Crippen molar-refractivity contribution in [1.29, 1.82) is 0 Å². The second-order valence-corrected chi connectivity index (χ2v) is 9.13. The second-order valence-electron chi connectivity index (χ2n) is 7.72. The van der Waals surface area contributed by atoms with E-state index < -0.39 is 0 Å². The van der Waals surface area contributed by atoms with Crippen LogP contribution >= 0.6 is 11.8 Å². The first-order chi connectivity index (χ1) is 13.7. The number of aliphatic imine (C=N–C) groups is 1. The highest BCUT2D eigenvalue weighted by atomic mass is 32.2. The summed E-state index contributed by atoms with van der Waals surface area (Å²) in [5, 5.41) is 7.33. The molecule has 2 heterocycles. The standard InChI is InChI=1S/C22H34N4OS/c1-2-23-22(24-16-20-9-6-14-28-20)25-17-21(27)26-12-10-19(11-13-26)15-18-7-4-3-5-8-18/h3-5,7-8,19-20H,2,6,9-17H2,1H3,(H2,23,24,25). The monoisotopic (exact) mass is 402 g/mol. The highest BCUT2D eigenvalue weighted by molar-refractivity contribution is 8.00. The van der Waals surface area contributed by atoms with Crippen molar-refractivity contribution < 1.29 is 4.79 Å². The zero-order valence-corrected chi connectivity index (χ0v) is 17.8. The van der Waals surface area contributed by atoms with E-state index in [4.69, 9.17) is 0 Å². The molecule has 2 N–H and O–H groups in total. The highest BCUT2D eigenvalue weighted by Gasteiger charge is 2.23. The minimum Gasteiger partial charge on any atom is -0.357 e. The molecule has 0 aromatic heterocycles. The number of thioether (sulfide) groups is 1. The summed E-state index contributed by atoms with van der Waals surface area (Å²) in [6.45, 7) is 5.73. The summed E-state index contributed by atoms with van der Waals surface area (Å²) in [7, 11) is 0. The zero-order chi connectivity index (χ0) is 19.6. The molecule has 154 valence electrons. The van der Waals surface area contributed by atoms with E-state index in [9.17, 15) is 4.79 Å². The van der Waals surface area contributed by atoms with Crippen LogP contribution in [0.4, 0.5) is 0 Å². The maximum atomic E-state index is 12.6. The van der Waals surface area contributed by atoms with E-state index in [1.165, 1.54) is 24.2 Å². The number of rotatable bonds is 7. The van der Waals surface area contributed by atoms with Gasteiger partial charge in [0.1, 0.15) is 6.54 Å². The molecule has 3 rings (SSSR count). The Morgan fingerprint density at radius 2 is 1.96 bits per heavy atom. The van der Waals surface area contributed by atoms with Gasteiger partial charge in [0.25, 0.3) is 0 Å². The van der Waals surface area contributed by atoms with Gasteiger partial charge in [-0.1, -0.05) is 30.3 Å². The van der Waals surface area contributed by atoms with Gasteiger partial charge in [-0.15, -0.1) is 0 Å². The zero-order valence-electron chi connectivity index (χ0n) is 17.0. The number of hydrogen-bond donors (Lipinski definition) is 2. The lowest BCUT2D eigenvalue weighted by atomic mass is 9.90. The van der Waals surface area contributed by atoms with Gasteiger partial charge >= 0.3 is 0 Å². The maximum absolute atomic E-state index is 12.6. The van der Waals surface area contributed by atoms with E-state index in [1.807, 2.05) is 16.7 Å². The van der Waals surface area contributed by atoms with Gasteiger partial charge < -0.3 is 15.5 Å². The normalized spacial score (nSPS) is 21.0. The Kier molecular flexibility index (Phi) is 8.52. The molecule has 1 aromatic rings. The fourth-order valence-corrected chi connectivity index (χ4v) is 5.14. The molecule has 1 unspecified atom stereocenters. The van der Waals surface area contributed by atoms with E-state index in [1.54, 1.807) is 0 Å². The molecule has 2 aliphatic heterocycles. The topological polar surface area (TPSA) is 56.7 Å². The van der Waals surface area contributed by atoms with E-state index in [0.717, 1.165) is 51.4 Å². The molecule has 0 radical (unpaired) electrons. The average molecular weight is 403 g/mol. The number of carbonyl (C=O) groups excluding carboxylic acids is 1. The Hall–Kier alpha value is -1.69. The van der Waals surface area contributed by atoms with Crippen molar-refractivity contribution in [3.8, 4) is 0 Å². The molecule has 2 saturated heterocycles. The summed E-state index contributed by atoms with van der Waals surface area (Å²) >= 11 is 2.03. The van der Waals surface area contributed by atoms with Gasteiger partial charge in [-0.05, 0) is 56.3 Å². The largest absolute Gasteiger partial charge is 0.357 e. The number of carbonyl (C=O) groups is 1. The second kappa shape index (κ2) is 11.3. The number of hydrogen-bond acceptors (Lipinski definition) is 3. The Bertz CT molecular complexity index is 623. The van der Waals surface area contributed by atoms with E-state index in [2.05, 4.69) is 52.9 Å². The summed E-state index contributed by atoms with van der Waals surface area (Å²) in [6.07, 6.45) is 5.87. The predicted octanol–water partition coefficient (Wildman–Crippen LogP) is 2.92. The van der Waals surface area contributed by atoms with Crippen LogP contribution in [0, 0.1) is 5.92 Å². The third-order valence-corrected chi connectivity index (χ3v) is 6.97. The summed E-state index contributed by atoms with van der Waals surface area (Å²) in [4.78, 5) is 19.1. The summed E-state index contributed by atoms with van der Waals surface area (Å²) < 4.78 is 0. The van der Waals surface area contributed by atoms with Gasteiger partial charge in [-0.25, -0.2) is 4.99 Å². The average Bonchev–Trinajstić information content (AvgIpc) is 3.25. The predicted molar refractivity (Wildman–Crippen MR) is 119 cm³/mol. The number of guanidine groups is 1. The number of piperidine rings is 1. The lowest BCUT2D eigenvalue weighted by molar-refractivity contribution is -0.130. The van der Waals surface area contributed by atoms with E-state index in [0.29, 0.717) is 11.2 Å².